The van der Waals surface area contributed by atoms with E-state index in [4.69, 9.17) is 4.74 Å². The Labute approximate surface area is 188 Å². The molecule has 7 heteroatoms. The molecule has 6 nitrogen and oxygen atoms in total. The second kappa shape index (κ2) is 10.9. The number of nitrogens with zero attached hydrogens (tertiary/aromatic N) is 1. The van der Waals surface area contributed by atoms with E-state index in [-0.39, 0.29) is 29.7 Å². The Balaban J connectivity index is 0.00000300. The molecule has 4 N–H and O–H groups in total. The summed E-state index contributed by atoms with van der Waals surface area (Å²) in [5, 5.41) is 18.1. The van der Waals surface area contributed by atoms with E-state index >= 15 is 0 Å². The van der Waals surface area contributed by atoms with Gasteiger partial charge >= 0.3 is 0 Å². The quantitative estimate of drug-likeness (QED) is 0.220. The lowest BCUT2D eigenvalue weighted by Gasteiger charge is -2.12. The van der Waals surface area contributed by atoms with Gasteiger partial charge in [0.05, 0.1) is 13.7 Å². The largest absolute Gasteiger partial charge is 0.504 e. The fourth-order valence-electron chi connectivity index (χ4n) is 3.25. The number of hydrogen-bond donors (Lipinski definition) is 4. The maximum Gasteiger partial charge on any atom is 0.191 e. The molecule has 1 aromatic heterocycles. The Morgan fingerprint density at radius 1 is 1.14 bits per heavy atom. The molecule has 0 radical (unpaired) electrons. The first kappa shape index (κ1) is 22.9. The normalized spacial score (nSPS) is 11.2. The van der Waals surface area contributed by atoms with Crippen LogP contribution >= 0.6 is 24.0 Å². The van der Waals surface area contributed by atoms with Gasteiger partial charge in [-0.1, -0.05) is 30.3 Å². The minimum absolute atomic E-state index is 0. The summed E-state index contributed by atoms with van der Waals surface area (Å²) in [6.07, 6.45) is 2.97. The lowest BCUT2D eigenvalue weighted by molar-refractivity contribution is 0.370. The highest BCUT2D eigenvalue weighted by Gasteiger charge is 2.08. The highest BCUT2D eigenvalue weighted by Crippen LogP contribution is 2.29. The number of aromatic hydroxyl groups is 1. The number of aliphatic imine (C=N–C) groups is 1. The zero-order valence-electron chi connectivity index (χ0n) is 17.1. The van der Waals surface area contributed by atoms with Crippen LogP contribution in [0.25, 0.3) is 10.9 Å². The molecule has 0 unspecified atom stereocenters. The van der Waals surface area contributed by atoms with Gasteiger partial charge in [-0.3, -0.25) is 0 Å². The number of phenols is 1. The van der Waals surface area contributed by atoms with E-state index in [9.17, 15) is 5.11 Å². The third kappa shape index (κ3) is 5.56. The molecule has 0 atom stereocenters. The van der Waals surface area contributed by atoms with Crippen LogP contribution in [0.4, 0.5) is 0 Å². The van der Waals surface area contributed by atoms with Gasteiger partial charge in [0.15, 0.2) is 17.5 Å². The number of para-hydroxylation sites is 2. The molecule has 156 valence electrons. The Kier molecular flexibility index (Phi) is 8.63. The summed E-state index contributed by atoms with van der Waals surface area (Å²) in [5.41, 5.74) is 4.47. The van der Waals surface area contributed by atoms with Crippen LogP contribution in [0.1, 0.15) is 23.6 Å². The predicted octanol–water partition coefficient (Wildman–Crippen LogP) is 4.11. The number of aryl methyl sites for hydroxylation is 1. The number of nitrogens with one attached hydrogen (secondary N) is 3. The maximum absolute atomic E-state index is 10.2. The van der Waals surface area contributed by atoms with E-state index in [0.29, 0.717) is 12.3 Å². The Morgan fingerprint density at radius 3 is 2.69 bits per heavy atom. The van der Waals surface area contributed by atoms with Gasteiger partial charge in [0.2, 0.25) is 0 Å². The molecule has 0 saturated carbocycles. The lowest BCUT2D eigenvalue weighted by Crippen LogP contribution is -2.38. The third-order valence-electron chi connectivity index (χ3n) is 4.75. The zero-order valence-corrected chi connectivity index (χ0v) is 19.4. The molecule has 0 fully saturated rings. The number of benzene rings is 2. The van der Waals surface area contributed by atoms with Gasteiger partial charge in [-0.25, -0.2) is 4.99 Å². The van der Waals surface area contributed by atoms with Gasteiger partial charge in [-0.15, -0.1) is 24.0 Å². The van der Waals surface area contributed by atoms with Crippen molar-refractivity contribution in [3.8, 4) is 11.5 Å². The highest BCUT2D eigenvalue weighted by atomic mass is 127. The second-order valence-corrected chi connectivity index (χ2v) is 6.65. The first-order chi connectivity index (χ1) is 13.6. The van der Waals surface area contributed by atoms with Crippen LogP contribution in [-0.2, 0) is 13.0 Å². The number of halogens is 1. The van der Waals surface area contributed by atoms with Crippen molar-refractivity contribution in [2.24, 2.45) is 4.99 Å². The van der Waals surface area contributed by atoms with E-state index in [1.54, 1.807) is 13.2 Å². The number of phenolic OH excluding ortho intramolecular Hbond substituents is 1. The topological polar surface area (TPSA) is 81.7 Å². The van der Waals surface area contributed by atoms with Gasteiger partial charge in [-0.05, 0) is 37.5 Å². The minimum Gasteiger partial charge on any atom is -0.504 e. The fraction of sp³-hybridized carbons (Fsp3) is 0.318. The molecule has 0 spiro atoms. The van der Waals surface area contributed by atoms with Gasteiger partial charge in [0.1, 0.15) is 0 Å². The third-order valence-corrected chi connectivity index (χ3v) is 4.75. The number of ether oxygens (including phenoxy) is 1. The van der Waals surface area contributed by atoms with E-state index in [1.165, 1.54) is 22.0 Å². The van der Waals surface area contributed by atoms with Crippen molar-refractivity contribution in [1.29, 1.82) is 0 Å². The smallest absolute Gasteiger partial charge is 0.191 e. The second-order valence-electron chi connectivity index (χ2n) is 6.65. The van der Waals surface area contributed by atoms with Crippen molar-refractivity contribution >= 4 is 40.8 Å². The summed E-state index contributed by atoms with van der Waals surface area (Å²) < 4.78 is 5.16. The van der Waals surface area contributed by atoms with Crippen molar-refractivity contribution in [2.75, 3.05) is 20.2 Å². The molecule has 1 heterocycles. The summed E-state index contributed by atoms with van der Waals surface area (Å²) >= 11 is 0. The standard InChI is InChI=1S/C22H28N4O2.HI/c1-4-23-22(26-14-17-8-6-10-19(28-3)21(17)27)24-12-11-16-13-25-20-15(2)7-5-9-18(16)20;/h5-10,13,25,27H,4,11-12,14H2,1-3H3,(H2,23,24,26);1H. The molecular formula is C22H29IN4O2. The van der Waals surface area contributed by atoms with Crippen molar-refractivity contribution < 1.29 is 9.84 Å². The monoisotopic (exact) mass is 508 g/mol. The first-order valence-electron chi connectivity index (χ1n) is 9.56. The number of H-pyrrole nitrogens is 1. The van der Waals surface area contributed by atoms with Gasteiger partial charge < -0.3 is 25.5 Å². The average molecular weight is 508 g/mol. The number of hydrogen-bond acceptors (Lipinski definition) is 3. The molecule has 0 amide bonds. The van der Waals surface area contributed by atoms with Crippen LogP contribution in [0.15, 0.2) is 47.6 Å². The molecule has 3 rings (SSSR count). The number of aromatic nitrogens is 1. The average Bonchev–Trinajstić information content (AvgIpc) is 3.11. The maximum atomic E-state index is 10.2. The molecule has 29 heavy (non-hydrogen) atoms. The molecule has 3 aromatic rings. The van der Waals surface area contributed by atoms with Crippen molar-refractivity contribution in [3.05, 3.63) is 59.3 Å². The Morgan fingerprint density at radius 2 is 1.93 bits per heavy atom. The summed E-state index contributed by atoms with van der Waals surface area (Å²) in [4.78, 5) is 7.96. The number of rotatable bonds is 7. The van der Waals surface area contributed by atoms with Gasteiger partial charge in [-0.2, -0.15) is 0 Å². The summed E-state index contributed by atoms with van der Waals surface area (Å²) in [6, 6.07) is 11.8. The molecule has 0 aliphatic heterocycles. The summed E-state index contributed by atoms with van der Waals surface area (Å²) in [7, 11) is 1.54. The van der Waals surface area contributed by atoms with Crippen molar-refractivity contribution in [3.63, 3.8) is 0 Å². The summed E-state index contributed by atoms with van der Waals surface area (Å²) in [5.74, 6) is 1.32. The van der Waals surface area contributed by atoms with E-state index < -0.39 is 0 Å². The Hall–Kier alpha value is -2.42. The van der Waals surface area contributed by atoms with Gasteiger partial charge in [0.25, 0.3) is 0 Å². The lowest BCUT2D eigenvalue weighted by atomic mass is 10.1. The number of methoxy groups -OCH3 is 1. The van der Waals surface area contributed by atoms with Crippen LogP contribution in [0.2, 0.25) is 0 Å². The van der Waals surface area contributed by atoms with Crippen LogP contribution in [0, 0.1) is 6.92 Å². The molecule has 0 aliphatic rings. The predicted molar refractivity (Wildman–Crippen MR) is 130 cm³/mol. The SMILES string of the molecule is CCNC(=NCc1cccc(OC)c1O)NCCc1c[nH]c2c(C)cccc12.I. The number of aromatic amines is 1. The van der Waals surface area contributed by atoms with E-state index in [0.717, 1.165) is 31.0 Å². The Bertz CT molecular complexity index is 969. The van der Waals surface area contributed by atoms with Gasteiger partial charge in [0, 0.05) is 35.8 Å². The van der Waals surface area contributed by atoms with Crippen molar-refractivity contribution in [1.82, 2.24) is 15.6 Å². The number of fused-ring (bicyclic) bond motifs is 1. The van der Waals surface area contributed by atoms with Crippen LogP contribution in [0.3, 0.4) is 0 Å². The molecule has 0 bridgehead atoms. The molecular weight excluding hydrogens is 479 g/mol. The molecule has 2 aromatic carbocycles. The van der Waals surface area contributed by atoms with E-state index in [2.05, 4.69) is 51.9 Å². The van der Waals surface area contributed by atoms with E-state index in [1.807, 2.05) is 19.1 Å². The zero-order chi connectivity index (χ0) is 19.9. The molecule has 0 aliphatic carbocycles. The molecule has 0 saturated heterocycles. The first-order valence-corrected chi connectivity index (χ1v) is 9.56. The number of guanidine groups is 1. The summed E-state index contributed by atoms with van der Waals surface area (Å²) in [6.45, 7) is 6.04. The van der Waals surface area contributed by atoms with Crippen molar-refractivity contribution in [2.45, 2.75) is 26.8 Å². The van der Waals surface area contributed by atoms with Crippen LogP contribution in [-0.4, -0.2) is 36.2 Å². The van der Waals surface area contributed by atoms with Crippen LogP contribution < -0.4 is 15.4 Å². The highest BCUT2D eigenvalue weighted by molar-refractivity contribution is 14.0. The fourth-order valence-corrected chi connectivity index (χ4v) is 3.25. The minimum atomic E-state index is 0. The van der Waals surface area contributed by atoms with Crippen LogP contribution in [0.5, 0.6) is 11.5 Å².